The highest BCUT2D eigenvalue weighted by atomic mass is 35.5. The normalized spacial score (nSPS) is 14.2. The molecule has 0 saturated heterocycles. The van der Waals surface area contributed by atoms with Gasteiger partial charge in [-0.1, -0.05) is 30.7 Å². The van der Waals surface area contributed by atoms with E-state index < -0.39 is 0 Å². The fourth-order valence-electron chi connectivity index (χ4n) is 2.15. The van der Waals surface area contributed by atoms with E-state index >= 15 is 0 Å². The van der Waals surface area contributed by atoms with Crippen LogP contribution in [0, 0.1) is 0 Å². The molecule has 0 aliphatic rings. The molecule has 0 aliphatic carbocycles. The fourth-order valence-corrected chi connectivity index (χ4v) is 2.35. The molecule has 106 valence electrons. The number of nitrogens with one attached hydrogen (secondary N) is 1. The lowest BCUT2D eigenvalue weighted by Crippen LogP contribution is -2.43. The summed E-state index contributed by atoms with van der Waals surface area (Å²) in [6.07, 6.45) is 0.829. The molecule has 0 saturated carbocycles. The van der Waals surface area contributed by atoms with Crippen molar-refractivity contribution in [3.8, 4) is 0 Å². The zero-order valence-electron chi connectivity index (χ0n) is 11.7. The van der Waals surface area contributed by atoms with Gasteiger partial charge in [0.25, 0.3) is 0 Å². The number of carbonyl (C=O) groups is 1. The van der Waals surface area contributed by atoms with Crippen LogP contribution in [0.25, 0.3) is 0 Å². The summed E-state index contributed by atoms with van der Waals surface area (Å²) in [5.74, 6) is -0.0298. The van der Waals surface area contributed by atoms with Crippen LogP contribution < -0.4 is 11.1 Å². The van der Waals surface area contributed by atoms with Crippen molar-refractivity contribution in [3.05, 3.63) is 34.9 Å². The van der Waals surface area contributed by atoms with Crippen LogP contribution in [0.15, 0.2) is 24.3 Å². The van der Waals surface area contributed by atoms with Gasteiger partial charge in [0, 0.05) is 18.1 Å². The highest BCUT2D eigenvalue weighted by Gasteiger charge is 2.24. The first-order valence-electron chi connectivity index (χ1n) is 6.41. The van der Waals surface area contributed by atoms with E-state index in [2.05, 4.69) is 5.32 Å². The standard InChI is InChI=1S/C14H22ClN3O/c1-4-12(16)14(18(3)9-13(19)17-2)10-6-5-7-11(15)8-10/h5-8,12,14H,4,9,16H2,1-3H3,(H,17,19). The van der Waals surface area contributed by atoms with Crippen LogP contribution in [0.4, 0.5) is 0 Å². The minimum atomic E-state index is -0.0480. The highest BCUT2D eigenvalue weighted by Crippen LogP contribution is 2.25. The van der Waals surface area contributed by atoms with Crippen molar-refractivity contribution < 1.29 is 4.79 Å². The van der Waals surface area contributed by atoms with Crippen molar-refractivity contribution >= 4 is 17.5 Å². The molecule has 19 heavy (non-hydrogen) atoms. The number of hydrogen-bond acceptors (Lipinski definition) is 3. The Bertz CT molecular complexity index is 425. The summed E-state index contributed by atoms with van der Waals surface area (Å²) in [5, 5.41) is 3.30. The van der Waals surface area contributed by atoms with E-state index in [0.717, 1.165) is 12.0 Å². The fraction of sp³-hybridized carbons (Fsp3) is 0.500. The van der Waals surface area contributed by atoms with Crippen LogP contribution in [0.2, 0.25) is 5.02 Å². The van der Waals surface area contributed by atoms with Crippen LogP contribution >= 0.6 is 11.6 Å². The molecule has 3 N–H and O–H groups in total. The number of halogens is 1. The van der Waals surface area contributed by atoms with Crippen molar-refractivity contribution in [2.45, 2.75) is 25.4 Å². The Labute approximate surface area is 119 Å². The summed E-state index contributed by atoms with van der Waals surface area (Å²) in [6, 6.07) is 7.56. The lowest BCUT2D eigenvalue weighted by Gasteiger charge is -2.32. The Kier molecular flexibility index (Phi) is 6.28. The molecule has 2 unspecified atom stereocenters. The van der Waals surface area contributed by atoms with Gasteiger partial charge in [-0.2, -0.15) is 0 Å². The van der Waals surface area contributed by atoms with Crippen LogP contribution in [-0.4, -0.2) is 37.5 Å². The first kappa shape index (κ1) is 16.0. The minimum Gasteiger partial charge on any atom is -0.358 e. The Morgan fingerprint density at radius 3 is 2.74 bits per heavy atom. The van der Waals surface area contributed by atoms with Crippen LogP contribution in [0.1, 0.15) is 24.9 Å². The largest absolute Gasteiger partial charge is 0.358 e. The molecule has 1 rings (SSSR count). The Balaban J connectivity index is 2.97. The third-order valence-electron chi connectivity index (χ3n) is 3.21. The molecule has 0 heterocycles. The number of benzene rings is 1. The van der Waals surface area contributed by atoms with Crippen molar-refractivity contribution in [1.82, 2.24) is 10.2 Å². The van der Waals surface area contributed by atoms with E-state index in [9.17, 15) is 4.79 Å². The van der Waals surface area contributed by atoms with Gasteiger partial charge in [0.1, 0.15) is 0 Å². The van der Waals surface area contributed by atoms with Gasteiger partial charge >= 0.3 is 0 Å². The number of hydrogen-bond donors (Lipinski definition) is 2. The number of nitrogens with two attached hydrogens (primary N) is 1. The molecule has 0 bridgehead atoms. The van der Waals surface area contributed by atoms with E-state index in [-0.39, 0.29) is 18.0 Å². The molecular weight excluding hydrogens is 262 g/mol. The molecule has 1 amide bonds. The summed E-state index contributed by atoms with van der Waals surface area (Å²) >= 11 is 6.04. The van der Waals surface area contributed by atoms with Gasteiger partial charge in [0.05, 0.1) is 12.6 Å². The van der Waals surface area contributed by atoms with E-state index in [4.69, 9.17) is 17.3 Å². The molecule has 0 fully saturated rings. The summed E-state index contributed by atoms with van der Waals surface area (Å²) in [4.78, 5) is 13.5. The van der Waals surface area contributed by atoms with E-state index in [1.807, 2.05) is 43.1 Å². The zero-order valence-corrected chi connectivity index (χ0v) is 12.4. The third-order valence-corrected chi connectivity index (χ3v) is 3.45. The van der Waals surface area contributed by atoms with Gasteiger partial charge in [-0.15, -0.1) is 0 Å². The second-order valence-electron chi connectivity index (χ2n) is 4.66. The molecule has 1 aromatic rings. The van der Waals surface area contributed by atoms with Crippen LogP contribution in [0.5, 0.6) is 0 Å². The summed E-state index contributed by atoms with van der Waals surface area (Å²) in [5.41, 5.74) is 7.24. The molecule has 0 spiro atoms. The molecular formula is C14H22ClN3O. The van der Waals surface area contributed by atoms with Gasteiger partial charge in [-0.3, -0.25) is 9.69 Å². The van der Waals surface area contributed by atoms with Gasteiger partial charge in [0.2, 0.25) is 5.91 Å². The first-order valence-corrected chi connectivity index (χ1v) is 6.79. The Hall–Kier alpha value is -1.10. The average molecular weight is 284 g/mol. The van der Waals surface area contributed by atoms with Gasteiger partial charge in [0.15, 0.2) is 0 Å². The van der Waals surface area contributed by atoms with Crippen LogP contribution in [-0.2, 0) is 4.79 Å². The maximum Gasteiger partial charge on any atom is 0.233 e. The highest BCUT2D eigenvalue weighted by molar-refractivity contribution is 6.30. The Morgan fingerprint density at radius 1 is 1.53 bits per heavy atom. The maximum absolute atomic E-state index is 11.5. The number of likely N-dealkylation sites (N-methyl/N-ethyl adjacent to an activating group) is 2. The van der Waals surface area contributed by atoms with Crippen molar-refractivity contribution in [2.24, 2.45) is 5.73 Å². The Morgan fingerprint density at radius 2 is 2.21 bits per heavy atom. The smallest absolute Gasteiger partial charge is 0.233 e. The predicted molar refractivity (Wildman–Crippen MR) is 79.2 cm³/mol. The summed E-state index contributed by atoms with van der Waals surface area (Å²) in [6.45, 7) is 2.34. The van der Waals surface area contributed by atoms with Crippen molar-refractivity contribution in [2.75, 3.05) is 20.6 Å². The van der Waals surface area contributed by atoms with E-state index in [1.165, 1.54) is 0 Å². The minimum absolute atomic E-state index is 0.0269. The van der Waals surface area contributed by atoms with E-state index in [1.54, 1.807) is 7.05 Å². The molecule has 1 aromatic carbocycles. The summed E-state index contributed by atoms with van der Waals surface area (Å²) < 4.78 is 0. The van der Waals surface area contributed by atoms with E-state index in [0.29, 0.717) is 11.6 Å². The lowest BCUT2D eigenvalue weighted by molar-refractivity contribution is -0.122. The predicted octanol–water partition coefficient (Wildman–Crippen LogP) is 1.80. The third kappa shape index (κ3) is 4.49. The van der Waals surface area contributed by atoms with Gasteiger partial charge in [-0.25, -0.2) is 0 Å². The zero-order chi connectivity index (χ0) is 14.4. The summed E-state index contributed by atoms with van der Waals surface area (Å²) in [7, 11) is 3.53. The quantitative estimate of drug-likeness (QED) is 0.837. The topological polar surface area (TPSA) is 58.4 Å². The number of amides is 1. The monoisotopic (exact) mass is 283 g/mol. The van der Waals surface area contributed by atoms with Crippen molar-refractivity contribution in [3.63, 3.8) is 0 Å². The van der Waals surface area contributed by atoms with Gasteiger partial charge < -0.3 is 11.1 Å². The molecule has 0 aromatic heterocycles. The van der Waals surface area contributed by atoms with Crippen LogP contribution in [0.3, 0.4) is 0 Å². The number of carbonyl (C=O) groups excluding carboxylic acids is 1. The SMILES string of the molecule is CCC(N)C(c1cccc(Cl)c1)N(C)CC(=O)NC. The van der Waals surface area contributed by atoms with Crippen molar-refractivity contribution in [1.29, 1.82) is 0 Å². The first-order chi connectivity index (χ1) is 8.99. The molecule has 0 radical (unpaired) electrons. The average Bonchev–Trinajstić information content (AvgIpc) is 2.38. The molecule has 0 aliphatic heterocycles. The second kappa shape index (κ2) is 7.48. The maximum atomic E-state index is 11.5. The lowest BCUT2D eigenvalue weighted by atomic mass is 9.96. The second-order valence-corrected chi connectivity index (χ2v) is 5.10. The molecule has 2 atom stereocenters. The molecule has 5 heteroatoms. The number of nitrogens with zero attached hydrogens (tertiary/aromatic N) is 1. The molecule has 4 nitrogen and oxygen atoms in total. The van der Waals surface area contributed by atoms with Gasteiger partial charge in [-0.05, 0) is 31.2 Å². The number of rotatable bonds is 6.